The number of terminal acetylenes is 1. The Bertz CT molecular complexity index is 546. The van der Waals surface area contributed by atoms with Gasteiger partial charge in [0.05, 0.1) is 6.54 Å². The molecule has 0 saturated heterocycles. The third-order valence-corrected chi connectivity index (χ3v) is 3.14. The van der Waals surface area contributed by atoms with Crippen LogP contribution in [0.15, 0.2) is 30.5 Å². The van der Waals surface area contributed by atoms with Gasteiger partial charge in [-0.15, -0.1) is 6.42 Å². The predicted octanol–water partition coefficient (Wildman–Crippen LogP) is 2.63. The molecule has 0 spiro atoms. The lowest BCUT2D eigenvalue weighted by molar-refractivity contribution is 0.317. The SMILES string of the molecule is C#CCN(CC)Cc1cn(C)c2ccccc12. The second-order valence-corrected chi connectivity index (χ2v) is 4.29. The first-order valence-corrected chi connectivity index (χ1v) is 5.95. The zero-order valence-corrected chi connectivity index (χ0v) is 10.5. The summed E-state index contributed by atoms with van der Waals surface area (Å²) < 4.78 is 2.17. The zero-order chi connectivity index (χ0) is 12.3. The first-order valence-electron chi connectivity index (χ1n) is 5.95. The maximum atomic E-state index is 5.38. The first-order chi connectivity index (χ1) is 8.26. The van der Waals surface area contributed by atoms with Crippen molar-refractivity contribution in [2.24, 2.45) is 7.05 Å². The van der Waals surface area contributed by atoms with E-state index in [-0.39, 0.29) is 0 Å². The van der Waals surface area contributed by atoms with E-state index in [1.165, 1.54) is 16.5 Å². The number of hydrogen-bond acceptors (Lipinski definition) is 1. The normalized spacial score (nSPS) is 10.9. The number of para-hydroxylation sites is 1. The molecule has 0 aliphatic carbocycles. The minimum Gasteiger partial charge on any atom is -0.350 e. The van der Waals surface area contributed by atoms with Crippen LogP contribution in [0.5, 0.6) is 0 Å². The molecule has 0 atom stereocenters. The van der Waals surface area contributed by atoms with E-state index in [9.17, 15) is 0 Å². The fourth-order valence-corrected chi connectivity index (χ4v) is 2.20. The highest BCUT2D eigenvalue weighted by Crippen LogP contribution is 2.21. The summed E-state index contributed by atoms with van der Waals surface area (Å²) in [6.45, 7) is 4.75. The number of aryl methyl sites for hydroxylation is 1. The monoisotopic (exact) mass is 226 g/mol. The maximum Gasteiger partial charge on any atom is 0.0601 e. The summed E-state index contributed by atoms with van der Waals surface area (Å²) in [5.74, 6) is 2.71. The Kier molecular flexibility index (Phi) is 3.51. The van der Waals surface area contributed by atoms with Crippen molar-refractivity contribution in [2.45, 2.75) is 13.5 Å². The van der Waals surface area contributed by atoms with Crippen LogP contribution in [0.2, 0.25) is 0 Å². The Morgan fingerprint density at radius 1 is 1.35 bits per heavy atom. The molecule has 0 N–H and O–H groups in total. The van der Waals surface area contributed by atoms with Crippen molar-refractivity contribution in [2.75, 3.05) is 13.1 Å². The van der Waals surface area contributed by atoms with Gasteiger partial charge in [0.15, 0.2) is 0 Å². The number of benzene rings is 1. The minimum absolute atomic E-state index is 0.708. The van der Waals surface area contributed by atoms with Crippen LogP contribution in [0, 0.1) is 12.3 Å². The van der Waals surface area contributed by atoms with Crippen LogP contribution in [0.1, 0.15) is 12.5 Å². The van der Waals surface area contributed by atoms with E-state index in [0.29, 0.717) is 6.54 Å². The van der Waals surface area contributed by atoms with Gasteiger partial charge in [0.1, 0.15) is 0 Å². The molecule has 0 aliphatic rings. The summed E-state index contributed by atoms with van der Waals surface area (Å²) in [5, 5.41) is 1.32. The molecule has 0 saturated carbocycles. The Morgan fingerprint density at radius 2 is 2.12 bits per heavy atom. The third-order valence-electron chi connectivity index (χ3n) is 3.14. The summed E-state index contributed by atoms with van der Waals surface area (Å²) in [6, 6.07) is 8.49. The van der Waals surface area contributed by atoms with Crippen LogP contribution in [-0.2, 0) is 13.6 Å². The molecule has 0 fully saturated rings. The van der Waals surface area contributed by atoms with Gasteiger partial charge in [0.2, 0.25) is 0 Å². The molecule has 17 heavy (non-hydrogen) atoms. The average molecular weight is 226 g/mol. The first kappa shape index (κ1) is 11.8. The molecule has 0 aliphatic heterocycles. The summed E-state index contributed by atoms with van der Waals surface area (Å²) in [7, 11) is 2.09. The van der Waals surface area contributed by atoms with E-state index in [1.807, 2.05) is 0 Å². The van der Waals surface area contributed by atoms with E-state index in [4.69, 9.17) is 6.42 Å². The van der Waals surface area contributed by atoms with E-state index < -0.39 is 0 Å². The van der Waals surface area contributed by atoms with Gasteiger partial charge in [-0.05, 0) is 18.2 Å². The standard InChI is InChI=1S/C15H18N2/c1-4-10-17(5-2)12-13-11-16(3)15-9-7-6-8-14(13)15/h1,6-9,11H,5,10,12H2,2-3H3. The lowest BCUT2D eigenvalue weighted by atomic mass is 10.1. The number of nitrogens with zero attached hydrogens (tertiary/aromatic N) is 2. The highest BCUT2D eigenvalue weighted by molar-refractivity contribution is 5.83. The zero-order valence-electron chi connectivity index (χ0n) is 10.5. The van der Waals surface area contributed by atoms with Gasteiger partial charge in [-0.3, -0.25) is 4.90 Å². The molecular formula is C15H18N2. The van der Waals surface area contributed by atoms with Gasteiger partial charge in [0, 0.05) is 30.7 Å². The highest BCUT2D eigenvalue weighted by atomic mass is 15.1. The molecule has 1 aromatic heterocycles. The second kappa shape index (κ2) is 5.07. The molecule has 2 rings (SSSR count). The summed E-state index contributed by atoms with van der Waals surface area (Å²) in [5.41, 5.74) is 2.62. The molecule has 88 valence electrons. The van der Waals surface area contributed by atoms with Crippen LogP contribution >= 0.6 is 0 Å². The Morgan fingerprint density at radius 3 is 2.82 bits per heavy atom. The predicted molar refractivity (Wildman–Crippen MR) is 72.7 cm³/mol. The molecular weight excluding hydrogens is 208 g/mol. The van der Waals surface area contributed by atoms with Crippen molar-refractivity contribution in [1.82, 2.24) is 9.47 Å². The number of rotatable bonds is 4. The molecule has 1 heterocycles. The van der Waals surface area contributed by atoms with Crippen LogP contribution in [-0.4, -0.2) is 22.6 Å². The molecule has 2 heteroatoms. The lowest BCUT2D eigenvalue weighted by Crippen LogP contribution is -2.22. The van der Waals surface area contributed by atoms with E-state index in [2.05, 4.69) is 59.8 Å². The molecule has 1 aromatic carbocycles. The second-order valence-electron chi connectivity index (χ2n) is 4.29. The van der Waals surface area contributed by atoms with Crippen molar-refractivity contribution in [3.8, 4) is 12.3 Å². The molecule has 2 aromatic rings. The van der Waals surface area contributed by atoms with Crippen molar-refractivity contribution in [1.29, 1.82) is 0 Å². The summed E-state index contributed by atoms with van der Waals surface area (Å²) in [6.07, 6.45) is 7.58. The molecule has 2 nitrogen and oxygen atoms in total. The summed E-state index contributed by atoms with van der Waals surface area (Å²) in [4.78, 5) is 2.27. The van der Waals surface area contributed by atoms with E-state index >= 15 is 0 Å². The summed E-state index contributed by atoms with van der Waals surface area (Å²) >= 11 is 0. The molecule has 0 bridgehead atoms. The van der Waals surface area contributed by atoms with Gasteiger partial charge in [0.25, 0.3) is 0 Å². The van der Waals surface area contributed by atoms with Gasteiger partial charge >= 0.3 is 0 Å². The maximum absolute atomic E-state index is 5.38. The van der Waals surface area contributed by atoms with Crippen molar-refractivity contribution < 1.29 is 0 Å². The largest absolute Gasteiger partial charge is 0.350 e. The van der Waals surface area contributed by atoms with E-state index in [1.54, 1.807) is 0 Å². The lowest BCUT2D eigenvalue weighted by Gasteiger charge is -2.16. The van der Waals surface area contributed by atoms with E-state index in [0.717, 1.165) is 13.1 Å². The third kappa shape index (κ3) is 2.35. The van der Waals surface area contributed by atoms with Crippen LogP contribution < -0.4 is 0 Å². The number of hydrogen-bond donors (Lipinski definition) is 0. The van der Waals surface area contributed by atoms with Gasteiger partial charge < -0.3 is 4.57 Å². The Labute approximate surface area is 103 Å². The topological polar surface area (TPSA) is 8.17 Å². The number of fused-ring (bicyclic) bond motifs is 1. The van der Waals surface area contributed by atoms with Gasteiger partial charge in [-0.25, -0.2) is 0 Å². The smallest absolute Gasteiger partial charge is 0.0601 e. The molecule has 0 amide bonds. The highest BCUT2D eigenvalue weighted by Gasteiger charge is 2.08. The fraction of sp³-hybridized carbons (Fsp3) is 0.333. The number of aromatic nitrogens is 1. The van der Waals surface area contributed by atoms with Crippen molar-refractivity contribution in [3.63, 3.8) is 0 Å². The van der Waals surface area contributed by atoms with Gasteiger partial charge in [-0.1, -0.05) is 31.0 Å². The minimum atomic E-state index is 0.708. The van der Waals surface area contributed by atoms with Crippen molar-refractivity contribution in [3.05, 3.63) is 36.0 Å². The Hall–Kier alpha value is -1.72. The molecule has 0 radical (unpaired) electrons. The quantitative estimate of drug-likeness (QED) is 0.728. The van der Waals surface area contributed by atoms with Crippen LogP contribution in [0.25, 0.3) is 10.9 Å². The van der Waals surface area contributed by atoms with Gasteiger partial charge in [-0.2, -0.15) is 0 Å². The Balaban J connectivity index is 2.33. The van der Waals surface area contributed by atoms with Crippen molar-refractivity contribution >= 4 is 10.9 Å². The fourth-order valence-electron chi connectivity index (χ4n) is 2.20. The van der Waals surface area contributed by atoms with Crippen LogP contribution in [0.4, 0.5) is 0 Å². The average Bonchev–Trinajstić information content (AvgIpc) is 2.66. The van der Waals surface area contributed by atoms with Crippen LogP contribution in [0.3, 0.4) is 0 Å². The molecule has 0 unspecified atom stereocenters.